The normalized spacial score (nSPS) is 29.6. The number of hydrogen-bond donors (Lipinski definition) is 1. The van der Waals surface area contributed by atoms with E-state index in [2.05, 4.69) is 6.58 Å². The first-order valence-corrected chi connectivity index (χ1v) is 2.91. The number of carboxylic acid groups (broad SMARTS) is 1. The summed E-state index contributed by atoms with van der Waals surface area (Å²) >= 11 is 0. The summed E-state index contributed by atoms with van der Waals surface area (Å²) in [5.41, 5.74) is -1.19. The van der Waals surface area contributed by atoms with Crippen molar-refractivity contribution in [2.24, 2.45) is 0 Å². The van der Waals surface area contributed by atoms with Crippen LogP contribution in [0.4, 0.5) is 0 Å². The van der Waals surface area contributed by atoms with E-state index in [1.54, 1.807) is 6.08 Å². The zero-order valence-corrected chi connectivity index (χ0v) is 5.41. The summed E-state index contributed by atoms with van der Waals surface area (Å²) in [4.78, 5) is 10.5. The maximum atomic E-state index is 10.5. The fourth-order valence-corrected chi connectivity index (χ4v) is 0.797. The van der Waals surface area contributed by atoms with E-state index in [0.717, 1.165) is 0 Å². The molecule has 0 radical (unpaired) electrons. The minimum Gasteiger partial charge on any atom is -0.479 e. The molecule has 0 spiro atoms. The maximum absolute atomic E-state index is 10.5. The lowest BCUT2D eigenvalue weighted by Crippen LogP contribution is -2.34. The molecule has 0 saturated carbocycles. The molecule has 0 fully saturated rings. The first-order valence-electron chi connectivity index (χ1n) is 2.91. The Bertz CT molecular complexity index is 185. The van der Waals surface area contributed by atoms with Gasteiger partial charge in [-0.3, -0.25) is 0 Å². The zero-order valence-electron chi connectivity index (χ0n) is 5.41. The van der Waals surface area contributed by atoms with Gasteiger partial charge in [0.2, 0.25) is 5.60 Å². The van der Waals surface area contributed by atoms with Gasteiger partial charge in [0.25, 0.3) is 0 Å². The molecule has 1 atom stereocenters. The van der Waals surface area contributed by atoms with Gasteiger partial charge in [0.05, 0.1) is 6.26 Å². The van der Waals surface area contributed by atoms with Crippen LogP contribution in [0, 0.1) is 0 Å². The van der Waals surface area contributed by atoms with Crippen LogP contribution in [0.2, 0.25) is 0 Å². The van der Waals surface area contributed by atoms with Crippen LogP contribution in [0.3, 0.4) is 0 Å². The van der Waals surface area contributed by atoms with Crippen LogP contribution in [0.5, 0.6) is 0 Å². The quantitative estimate of drug-likeness (QED) is 0.580. The van der Waals surface area contributed by atoms with E-state index in [1.165, 1.54) is 12.3 Å². The molecule has 1 heterocycles. The Balaban J connectivity index is 2.80. The molecule has 1 aliphatic rings. The number of rotatable bonds is 2. The molecule has 1 N–H and O–H groups in total. The van der Waals surface area contributed by atoms with E-state index in [-0.39, 0.29) is 0 Å². The Morgan fingerprint density at radius 2 is 2.60 bits per heavy atom. The van der Waals surface area contributed by atoms with Crippen LogP contribution in [0.15, 0.2) is 25.0 Å². The molecule has 1 aliphatic heterocycles. The van der Waals surface area contributed by atoms with Crippen molar-refractivity contribution in [3.63, 3.8) is 0 Å². The van der Waals surface area contributed by atoms with Crippen molar-refractivity contribution in [1.82, 2.24) is 0 Å². The Labute approximate surface area is 58.6 Å². The first-order chi connectivity index (χ1) is 4.71. The summed E-state index contributed by atoms with van der Waals surface area (Å²) in [7, 11) is 0. The molecule has 3 heteroatoms. The van der Waals surface area contributed by atoms with Gasteiger partial charge in [-0.25, -0.2) is 4.79 Å². The average Bonchev–Trinajstić information content (AvgIpc) is 2.35. The SMILES string of the molecule is C=CC1(C(=O)O)CC=CO1. The molecule has 54 valence electrons. The van der Waals surface area contributed by atoms with Crippen LogP contribution < -0.4 is 0 Å². The van der Waals surface area contributed by atoms with E-state index < -0.39 is 11.6 Å². The largest absolute Gasteiger partial charge is 0.479 e. The molecule has 0 aliphatic carbocycles. The fourth-order valence-electron chi connectivity index (χ4n) is 0.797. The predicted octanol–water partition coefficient (Wildman–Crippen LogP) is 0.930. The minimum atomic E-state index is -1.19. The van der Waals surface area contributed by atoms with Crippen molar-refractivity contribution in [1.29, 1.82) is 0 Å². The first kappa shape index (κ1) is 6.86. The lowest BCUT2D eigenvalue weighted by molar-refractivity contribution is -0.152. The van der Waals surface area contributed by atoms with Crippen molar-refractivity contribution in [3.05, 3.63) is 25.0 Å². The van der Waals surface area contributed by atoms with Crippen molar-refractivity contribution >= 4 is 5.97 Å². The summed E-state index contributed by atoms with van der Waals surface area (Å²) in [6.45, 7) is 3.39. The van der Waals surface area contributed by atoms with Gasteiger partial charge in [-0.1, -0.05) is 6.58 Å². The van der Waals surface area contributed by atoms with Gasteiger partial charge in [0.15, 0.2) is 0 Å². The van der Waals surface area contributed by atoms with E-state index in [0.29, 0.717) is 6.42 Å². The standard InChI is InChI=1S/C7H8O3/c1-2-7(6(8)9)4-3-5-10-7/h2-3,5H,1,4H2,(H,8,9). The summed E-state index contributed by atoms with van der Waals surface area (Å²) in [6.07, 6.45) is 4.72. The van der Waals surface area contributed by atoms with E-state index in [1.807, 2.05) is 0 Å². The molecule has 3 nitrogen and oxygen atoms in total. The predicted molar refractivity (Wildman–Crippen MR) is 35.4 cm³/mol. The molecule has 10 heavy (non-hydrogen) atoms. The van der Waals surface area contributed by atoms with Crippen LogP contribution in [-0.4, -0.2) is 16.7 Å². The fraction of sp³-hybridized carbons (Fsp3) is 0.286. The third-order valence-corrected chi connectivity index (χ3v) is 1.49. The number of hydrogen-bond acceptors (Lipinski definition) is 2. The van der Waals surface area contributed by atoms with Gasteiger partial charge in [-0.2, -0.15) is 0 Å². The molecule has 0 amide bonds. The van der Waals surface area contributed by atoms with E-state index in [4.69, 9.17) is 9.84 Å². The lowest BCUT2D eigenvalue weighted by atomic mass is 10.0. The molecular weight excluding hydrogens is 132 g/mol. The lowest BCUT2D eigenvalue weighted by Gasteiger charge is -2.18. The summed E-state index contributed by atoms with van der Waals surface area (Å²) < 4.78 is 4.85. The van der Waals surface area contributed by atoms with Gasteiger partial charge in [-0.15, -0.1) is 0 Å². The highest BCUT2D eigenvalue weighted by Crippen LogP contribution is 2.24. The minimum absolute atomic E-state index is 0.367. The van der Waals surface area contributed by atoms with Gasteiger partial charge in [0.1, 0.15) is 0 Å². The second kappa shape index (κ2) is 2.17. The van der Waals surface area contributed by atoms with Crippen molar-refractivity contribution in [2.75, 3.05) is 0 Å². The number of ether oxygens (including phenoxy) is 1. The van der Waals surface area contributed by atoms with Gasteiger partial charge in [0, 0.05) is 6.42 Å². The second-order valence-electron chi connectivity index (χ2n) is 2.09. The molecule has 0 bridgehead atoms. The highest BCUT2D eigenvalue weighted by molar-refractivity contribution is 5.80. The molecular formula is C7H8O3. The van der Waals surface area contributed by atoms with Gasteiger partial charge < -0.3 is 9.84 Å². The Morgan fingerprint density at radius 3 is 2.80 bits per heavy atom. The second-order valence-corrected chi connectivity index (χ2v) is 2.09. The Kier molecular flexibility index (Phi) is 1.49. The van der Waals surface area contributed by atoms with E-state index in [9.17, 15) is 4.79 Å². The molecule has 0 aromatic rings. The topological polar surface area (TPSA) is 46.5 Å². The third kappa shape index (κ3) is 0.795. The monoisotopic (exact) mass is 140 g/mol. The maximum Gasteiger partial charge on any atom is 0.352 e. The molecule has 1 unspecified atom stereocenters. The molecule has 0 aromatic heterocycles. The summed E-state index contributed by atoms with van der Waals surface area (Å²) in [6, 6.07) is 0. The van der Waals surface area contributed by atoms with Gasteiger partial charge in [-0.05, 0) is 12.2 Å². The van der Waals surface area contributed by atoms with E-state index >= 15 is 0 Å². The number of aliphatic carboxylic acids is 1. The summed E-state index contributed by atoms with van der Waals surface area (Å²) in [5, 5.41) is 8.63. The van der Waals surface area contributed by atoms with Crippen LogP contribution in [-0.2, 0) is 9.53 Å². The summed E-state index contributed by atoms with van der Waals surface area (Å²) in [5.74, 6) is -0.993. The number of carboxylic acids is 1. The highest BCUT2D eigenvalue weighted by Gasteiger charge is 2.38. The number of carbonyl (C=O) groups is 1. The average molecular weight is 140 g/mol. The van der Waals surface area contributed by atoms with Crippen molar-refractivity contribution in [2.45, 2.75) is 12.0 Å². The smallest absolute Gasteiger partial charge is 0.352 e. The molecule has 0 aromatic carbocycles. The highest BCUT2D eigenvalue weighted by atomic mass is 16.5. The third-order valence-electron chi connectivity index (χ3n) is 1.49. The van der Waals surface area contributed by atoms with Gasteiger partial charge >= 0.3 is 5.97 Å². The molecule has 0 saturated heterocycles. The van der Waals surface area contributed by atoms with Crippen LogP contribution >= 0.6 is 0 Å². The van der Waals surface area contributed by atoms with Crippen molar-refractivity contribution < 1.29 is 14.6 Å². The Hall–Kier alpha value is -1.25. The van der Waals surface area contributed by atoms with Crippen LogP contribution in [0.1, 0.15) is 6.42 Å². The van der Waals surface area contributed by atoms with Crippen LogP contribution in [0.25, 0.3) is 0 Å². The zero-order chi connectivity index (χ0) is 7.61. The Morgan fingerprint density at radius 1 is 1.90 bits per heavy atom. The molecule has 1 rings (SSSR count). The van der Waals surface area contributed by atoms with Crippen molar-refractivity contribution in [3.8, 4) is 0 Å².